The first-order valence-electron chi connectivity index (χ1n) is 5.60. The van der Waals surface area contributed by atoms with E-state index in [-0.39, 0.29) is 7.92 Å². The smallest absolute Gasteiger partial charge is 0.0149 e. The second-order valence-corrected chi connectivity index (χ2v) is 8.58. The Kier molecular flexibility index (Phi) is 4.94. The molecule has 0 saturated carbocycles. The lowest BCUT2D eigenvalue weighted by molar-refractivity contribution is 0.468. The first-order valence-corrected chi connectivity index (χ1v) is 7.39. The third kappa shape index (κ3) is 3.24. The molecule has 1 saturated heterocycles. The summed E-state index contributed by atoms with van der Waals surface area (Å²) in [5.74, 6) is 0. The SMILES string of the molecule is CC.CP1C(C)(C)CCCC1(C)C. The molecule has 0 aromatic heterocycles. The van der Waals surface area contributed by atoms with E-state index in [1.54, 1.807) is 0 Å². The average molecular weight is 202 g/mol. The van der Waals surface area contributed by atoms with Crippen LogP contribution in [0.5, 0.6) is 0 Å². The molecule has 1 fully saturated rings. The molecule has 1 aliphatic heterocycles. The summed E-state index contributed by atoms with van der Waals surface area (Å²) in [4.78, 5) is 0. The zero-order valence-corrected chi connectivity index (χ0v) is 11.5. The van der Waals surface area contributed by atoms with Crippen molar-refractivity contribution in [3.8, 4) is 0 Å². The molecule has 0 unspecified atom stereocenters. The maximum atomic E-state index is 2.48. The predicted molar refractivity (Wildman–Crippen MR) is 66.2 cm³/mol. The van der Waals surface area contributed by atoms with E-state index in [4.69, 9.17) is 0 Å². The van der Waals surface area contributed by atoms with Crippen molar-refractivity contribution in [2.45, 2.75) is 71.1 Å². The van der Waals surface area contributed by atoms with Crippen LogP contribution < -0.4 is 0 Å². The summed E-state index contributed by atoms with van der Waals surface area (Å²) in [7, 11) is 0.222. The first kappa shape index (κ1) is 13.4. The minimum atomic E-state index is 0.222. The topological polar surface area (TPSA) is 0 Å². The highest BCUT2D eigenvalue weighted by atomic mass is 31.1. The average Bonchev–Trinajstić information content (AvgIpc) is 2.04. The van der Waals surface area contributed by atoms with Gasteiger partial charge < -0.3 is 0 Å². The molecule has 0 bridgehead atoms. The third-order valence-electron chi connectivity index (χ3n) is 3.39. The molecule has 0 nitrogen and oxygen atoms in total. The first-order chi connectivity index (χ1) is 5.86. The van der Waals surface area contributed by atoms with Crippen molar-refractivity contribution >= 4 is 7.92 Å². The van der Waals surface area contributed by atoms with Crippen LogP contribution in [0.1, 0.15) is 60.8 Å². The Morgan fingerprint density at radius 3 is 1.38 bits per heavy atom. The fourth-order valence-electron chi connectivity index (χ4n) is 2.11. The van der Waals surface area contributed by atoms with E-state index in [9.17, 15) is 0 Å². The van der Waals surface area contributed by atoms with Gasteiger partial charge in [-0.3, -0.25) is 0 Å². The molecular weight excluding hydrogens is 175 g/mol. The van der Waals surface area contributed by atoms with Gasteiger partial charge in [0.25, 0.3) is 0 Å². The lowest BCUT2D eigenvalue weighted by Gasteiger charge is -2.48. The molecule has 1 heterocycles. The second kappa shape index (κ2) is 4.78. The summed E-state index contributed by atoms with van der Waals surface area (Å²) in [6.07, 6.45) is 4.32. The third-order valence-corrected chi connectivity index (χ3v) is 7.47. The van der Waals surface area contributed by atoms with Crippen molar-refractivity contribution in [1.82, 2.24) is 0 Å². The van der Waals surface area contributed by atoms with Gasteiger partial charge in [-0.05, 0) is 29.8 Å². The van der Waals surface area contributed by atoms with Crippen molar-refractivity contribution in [1.29, 1.82) is 0 Å². The van der Waals surface area contributed by atoms with Crippen molar-refractivity contribution in [3.63, 3.8) is 0 Å². The summed E-state index contributed by atoms with van der Waals surface area (Å²) in [5, 5.41) is 1.27. The number of hydrogen-bond donors (Lipinski definition) is 0. The van der Waals surface area contributed by atoms with E-state index in [1.165, 1.54) is 19.3 Å². The van der Waals surface area contributed by atoms with Crippen LogP contribution in [0, 0.1) is 0 Å². The van der Waals surface area contributed by atoms with E-state index < -0.39 is 0 Å². The van der Waals surface area contributed by atoms with Gasteiger partial charge in [0.05, 0.1) is 0 Å². The minimum Gasteiger partial charge on any atom is -0.0983 e. The standard InChI is InChI=1S/C10H21P.C2H6/c1-9(2)7-6-8-10(3,4)11(9)5;1-2/h6-8H2,1-5H3;1-2H3. The molecule has 0 N–H and O–H groups in total. The fraction of sp³-hybridized carbons (Fsp3) is 1.00. The van der Waals surface area contributed by atoms with Gasteiger partial charge in [0.15, 0.2) is 0 Å². The van der Waals surface area contributed by atoms with E-state index in [1.807, 2.05) is 13.8 Å². The summed E-state index contributed by atoms with van der Waals surface area (Å²) >= 11 is 0. The van der Waals surface area contributed by atoms with Gasteiger partial charge in [0, 0.05) is 0 Å². The Hall–Kier alpha value is 0.430. The molecule has 0 spiro atoms. The van der Waals surface area contributed by atoms with Crippen molar-refractivity contribution in [2.75, 3.05) is 6.66 Å². The number of rotatable bonds is 0. The van der Waals surface area contributed by atoms with E-state index in [2.05, 4.69) is 34.4 Å². The van der Waals surface area contributed by atoms with Gasteiger partial charge in [0.1, 0.15) is 0 Å². The van der Waals surface area contributed by atoms with Gasteiger partial charge in [-0.1, -0.05) is 55.9 Å². The Balaban J connectivity index is 0.000000671. The minimum absolute atomic E-state index is 0.222. The molecule has 1 rings (SSSR count). The highest BCUT2D eigenvalue weighted by molar-refractivity contribution is 7.60. The van der Waals surface area contributed by atoms with Crippen LogP contribution in [0.2, 0.25) is 0 Å². The van der Waals surface area contributed by atoms with E-state index in [0.29, 0.717) is 10.3 Å². The quantitative estimate of drug-likeness (QED) is 0.492. The molecule has 0 radical (unpaired) electrons. The zero-order valence-electron chi connectivity index (χ0n) is 10.6. The zero-order chi connectivity index (χ0) is 10.7. The Labute approximate surface area is 86.3 Å². The monoisotopic (exact) mass is 202 g/mol. The maximum Gasteiger partial charge on any atom is -0.0149 e. The highest BCUT2D eigenvalue weighted by Crippen LogP contribution is 2.63. The van der Waals surface area contributed by atoms with Crippen LogP contribution in [0.15, 0.2) is 0 Å². The highest BCUT2D eigenvalue weighted by Gasteiger charge is 2.39. The Morgan fingerprint density at radius 2 is 1.15 bits per heavy atom. The van der Waals surface area contributed by atoms with Gasteiger partial charge in [-0.15, -0.1) is 0 Å². The normalized spacial score (nSPS) is 26.1. The van der Waals surface area contributed by atoms with Crippen LogP contribution in [-0.2, 0) is 0 Å². The van der Waals surface area contributed by atoms with Gasteiger partial charge in [-0.25, -0.2) is 0 Å². The largest absolute Gasteiger partial charge is 0.0983 e. The molecule has 0 aromatic carbocycles. The molecule has 0 aliphatic carbocycles. The molecule has 0 atom stereocenters. The predicted octanol–water partition coefficient (Wildman–Crippen LogP) is 4.87. The Morgan fingerprint density at radius 1 is 0.846 bits per heavy atom. The Bertz CT molecular complexity index is 131. The summed E-state index contributed by atoms with van der Waals surface area (Å²) < 4.78 is 0. The van der Waals surface area contributed by atoms with Crippen LogP contribution >= 0.6 is 7.92 Å². The molecule has 13 heavy (non-hydrogen) atoms. The van der Waals surface area contributed by atoms with E-state index in [0.717, 1.165) is 0 Å². The van der Waals surface area contributed by atoms with Crippen LogP contribution in [0.3, 0.4) is 0 Å². The van der Waals surface area contributed by atoms with E-state index >= 15 is 0 Å². The summed E-state index contributed by atoms with van der Waals surface area (Å²) in [5.41, 5.74) is 0. The molecule has 1 aliphatic rings. The van der Waals surface area contributed by atoms with Crippen molar-refractivity contribution in [3.05, 3.63) is 0 Å². The summed E-state index contributed by atoms with van der Waals surface area (Å²) in [6.45, 7) is 16.3. The second-order valence-electron chi connectivity index (χ2n) is 5.04. The lowest BCUT2D eigenvalue weighted by Crippen LogP contribution is -2.34. The van der Waals surface area contributed by atoms with Gasteiger partial charge in [0.2, 0.25) is 0 Å². The van der Waals surface area contributed by atoms with Crippen molar-refractivity contribution in [2.24, 2.45) is 0 Å². The van der Waals surface area contributed by atoms with Crippen LogP contribution in [0.25, 0.3) is 0 Å². The maximum absolute atomic E-state index is 2.48. The molecule has 1 heteroatoms. The van der Waals surface area contributed by atoms with Gasteiger partial charge >= 0.3 is 0 Å². The van der Waals surface area contributed by atoms with Crippen molar-refractivity contribution < 1.29 is 0 Å². The van der Waals surface area contributed by atoms with Crippen LogP contribution in [-0.4, -0.2) is 17.0 Å². The lowest BCUT2D eigenvalue weighted by atomic mass is 9.98. The molecular formula is C12H27P. The summed E-state index contributed by atoms with van der Waals surface area (Å²) in [6, 6.07) is 0. The number of hydrogen-bond acceptors (Lipinski definition) is 0. The molecule has 0 aromatic rings. The fourth-order valence-corrected chi connectivity index (χ4v) is 4.73. The van der Waals surface area contributed by atoms with Gasteiger partial charge in [-0.2, -0.15) is 0 Å². The molecule has 80 valence electrons. The van der Waals surface area contributed by atoms with Crippen LogP contribution in [0.4, 0.5) is 0 Å². The molecule has 0 amide bonds.